The molecule has 2 saturated heterocycles. The summed E-state index contributed by atoms with van der Waals surface area (Å²) in [5.41, 5.74) is 0.665. The van der Waals surface area contributed by atoms with E-state index in [2.05, 4.69) is 25.3 Å². The molecule has 180 valence electrons. The lowest BCUT2D eigenvalue weighted by Gasteiger charge is -2.35. The number of rotatable bonds is 6. The quantitative estimate of drug-likeness (QED) is 0.626. The van der Waals surface area contributed by atoms with Gasteiger partial charge in [-0.15, -0.1) is 10.2 Å². The Morgan fingerprint density at radius 1 is 0.971 bits per heavy atom. The first-order chi connectivity index (χ1) is 16.7. The van der Waals surface area contributed by atoms with Gasteiger partial charge in [-0.05, 0) is 56.4 Å². The van der Waals surface area contributed by atoms with Crippen molar-refractivity contribution in [3.05, 3.63) is 30.3 Å². The predicted octanol–water partition coefficient (Wildman–Crippen LogP) is 3.17. The van der Waals surface area contributed by atoms with Crippen LogP contribution in [0.2, 0.25) is 0 Å². The van der Waals surface area contributed by atoms with E-state index in [0.717, 1.165) is 57.7 Å². The van der Waals surface area contributed by atoms with Crippen molar-refractivity contribution in [2.75, 3.05) is 48.9 Å². The molecule has 0 atom stereocenters. The second-order valence-electron chi connectivity index (χ2n) is 8.78. The summed E-state index contributed by atoms with van der Waals surface area (Å²) in [5, 5.41) is 12.2. The van der Waals surface area contributed by atoms with Crippen molar-refractivity contribution < 1.29 is 19.1 Å². The molecule has 1 aromatic heterocycles. The van der Waals surface area contributed by atoms with Crippen LogP contribution in [0.4, 0.5) is 11.5 Å². The Bertz CT molecular complexity index is 1020. The highest BCUT2D eigenvalue weighted by Crippen LogP contribution is 2.34. The molecule has 10 heteroatoms. The van der Waals surface area contributed by atoms with Crippen LogP contribution < -0.4 is 19.7 Å². The van der Waals surface area contributed by atoms with Gasteiger partial charge >= 0.3 is 0 Å². The normalized spacial score (nSPS) is 18.1. The number of likely N-dealkylation sites (tertiary alicyclic amines) is 1. The average molecular weight is 484 g/mol. The van der Waals surface area contributed by atoms with E-state index >= 15 is 0 Å². The fourth-order valence-electron chi connectivity index (χ4n) is 4.60. The molecule has 0 bridgehead atoms. The number of nitrogens with zero attached hydrogens (tertiary/aromatic N) is 4. The summed E-state index contributed by atoms with van der Waals surface area (Å²) in [4.78, 5) is 29.3. The Labute approximate surface area is 203 Å². The lowest BCUT2D eigenvalue weighted by atomic mass is 9.94. The highest BCUT2D eigenvalue weighted by molar-refractivity contribution is 7.99. The molecule has 1 N–H and O–H groups in total. The van der Waals surface area contributed by atoms with Crippen molar-refractivity contribution >= 4 is 35.1 Å². The van der Waals surface area contributed by atoms with E-state index in [1.54, 1.807) is 18.2 Å². The SMILES string of the molecule is O=C(CSc1ccc(N2CCC(C(=O)N3CCCCC3)CC2)nn1)Nc1ccc2c(c1)OCO2. The first kappa shape index (κ1) is 22.8. The molecule has 3 aliphatic heterocycles. The molecule has 0 saturated carbocycles. The smallest absolute Gasteiger partial charge is 0.234 e. The van der Waals surface area contributed by atoms with Crippen LogP contribution in [-0.2, 0) is 9.59 Å². The van der Waals surface area contributed by atoms with Gasteiger partial charge in [0, 0.05) is 43.9 Å². The third kappa shape index (κ3) is 5.38. The maximum absolute atomic E-state index is 12.8. The van der Waals surface area contributed by atoms with E-state index in [9.17, 15) is 9.59 Å². The third-order valence-electron chi connectivity index (χ3n) is 6.47. The van der Waals surface area contributed by atoms with E-state index in [0.29, 0.717) is 28.1 Å². The van der Waals surface area contributed by atoms with Gasteiger partial charge in [-0.3, -0.25) is 9.59 Å². The standard InChI is InChI=1S/C24H29N5O4S/c30-22(25-18-4-5-19-20(14-18)33-16-32-19)15-34-23-7-6-21(26-27-23)28-12-8-17(9-13-28)24(31)29-10-2-1-3-11-29/h4-7,14,17H,1-3,8-13,15-16H2,(H,25,30). The molecular formula is C24H29N5O4S. The van der Waals surface area contributed by atoms with Crippen LogP contribution in [0.1, 0.15) is 32.1 Å². The summed E-state index contributed by atoms with van der Waals surface area (Å²) in [6, 6.07) is 9.15. The van der Waals surface area contributed by atoms with E-state index in [4.69, 9.17) is 9.47 Å². The molecule has 0 unspecified atom stereocenters. The minimum atomic E-state index is -0.129. The lowest BCUT2D eigenvalue weighted by Crippen LogP contribution is -2.44. The van der Waals surface area contributed by atoms with Gasteiger partial charge in [-0.25, -0.2) is 0 Å². The molecule has 1 aromatic carbocycles. The van der Waals surface area contributed by atoms with Crippen molar-refractivity contribution in [3.63, 3.8) is 0 Å². The summed E-state index contributed by atoms with van der Waals surface area (Å²) in [6.45, 7) is 3.65. The molecule has 2 amide bonds. The number of thioether (sulfide) groups is 1. The van der Waals surface area contributed by atoms with Crippen molar-refractivity contribution in [1.82, 2.24) is 15.1 Å². The Balaban J connectivity index is 1.07. The van der Waals surface area contributed by atoms with E-state index < -0.39 is 0 Å². The molecule has 2 fully saturated rings. The zero-order valence-electron chi connectivity index (χ0n) is 19.1. The summed E-state index contributed by atoms with van der Waals surface area (Å²) in [5.74, 6) is 2.68. The predicted molar refractivity (Wildman–Crippen MR) is 129 cm³/mol. The molecule has 34 heavy (non-hydrogen) atoms. The summed E-state index contributed by atoms with van der Waals surface area (Å²) >= 11 is 1.34. The number of fused-ring (bicyclic) bond motifs is 1. The number of hydrogen-bond acceptors (Lipinski definition) is 8. The lowest BCUT2D eigenvalue weighted by molar-refractivity contribution is -0.137. The van der Waals surface area contributed by atoms with Crippen LogP contribution in [-0.4, -0.2) is 65.6 Å². The summed E-state index contributed by atoms with van der Waals surface area (Å²) < 4.78 is 10.6. The highest BCUT2D eigenvalue weighted by atomic mass is 32.2. The number of piperidine rings is 2. The molecule has 9 nitrogen and oxygen atoms in total. The Morgan fingerprint density at radius 2 is 1.76 bits per heavy atom. The van der Waals surface area contributed by atoms with Crippen molar-refractivity contribution in [2.45, 2.75) is 37.1 Å². The molecule has 0 aliphatic carbocycles. The Morgan fingerprint density at radius 3 is 2.53 bits per heavy atom. The third-order valence-corrected chi connectivity index (χ3v) is 7.39. The number of ether oxygens (including phenoxy) is 2. The number of hydrogen-bond donors (Lipinski definition) is 1. The molecule has 4 heterocycles. The van der Waals surface area contributed by atoms with Gasteiger partial charge in [0.15, 0.2) is 17.3 Å². The Kier molecular flexibility index (Phi) is 7.03. The maximum Gasteiger partial charge on any atom is 0.234 e. The van der Waals surface area contributed by atoms with Crippen LogP contribution in [0.25, 0.3) is 0 Å². The van der Waals surface area contributed by atoms with Crippen molar-refractivity contribution in [1.29, 1.82) is 0 Å². The summed E-state index contributed by atoms with van der Waals surface area (Å²) in [7, 11) is 0. The summed E-state index contributed by atoms with van der Waals surface area (Å²) in [6.07, 6.45) is 5.20. The van der Waals surface area contributed by atoms with Gasteiger partial charge < -0.3 is 24.6 Å². The van der Waals surface area contributed by atoms with Crippen molar-refractivity contribution in [2.24, 2.45) is 5.92 Å². The number of amides is 2. The molecule has 2 aromatic rings. The van der Waals surface area contributed by atoms with Crippen molar-refractivity contribution in [3.8, 4) is 11.5 Å². The molecular weight excluding hydrogens is 454 g/mol. The van der Waals surface area contributed by atoms with Crippen LogP contribution in [0.3, 0.4) is 0 Å². The molecule has 3 aliphatic rings. The zero-order chi connectivity index (χ0) is 23.3. The average Bonchev–Trinajstić information content (AvgIpc) is 3.36. The van der Waals surface area contributed by atoms with E-state index in [-0.39, 0.29) is 24.4 Å². The number of nitrogens with one attached hydrogen (secondary N) is 1. The van der Waals surface area contributed by atoms with E-state index in [1.807, 2.05) is 12.1 Å². The second kappa shape index (κ2) is 10.5. The van der Waals surface area contributed by atoms with Gasteiger partial charge in [-0.1, -0.05) is 11.8 Å². The van der Waals surface area contributed by atoms with Gasteiger partial charge in [0.05, 0.1) is 5.75 Å². The topological polar surface area (TPSA) is 96.9 Å². The first-order valence-electron chi connectivity index (χ1n) is 11.9. The molecule has 0 radical (unpaired) electrons. The minimum absolute atomic E-state index is 0.125. The fraction of sp³-hybridized carbons (Fsp3) is 0.500. The Hall–Kier alpha value is -3.01. The van der Waals surface area contributed by atoms with Crippen LogP contribution in [0, 0.1) is 5.92 Å². The number of aromatic nitrogens is 2. The maximum atomic E-state index is 12.8. The number of carbonyl (C=O) groups is 2. The fourth-order valence-corrected chi connectivity index (χ4v) is 5.21. The number of carbonyl (C=O) groups excluding carboxylic acids is 2. The number of benzene rings is 1. The zero-order valence-corrected chi connectivity index (χ0v) is 19.9. The van der Waals surface area contributed by atoms with Crippen LogP contribution >= 0.6 is 11.8 Å². The minimum Gasteiger partial charge on any atom is -0.454 e. The largest absolute Gasteiger partial charge is 0.454 e. The number of anilines is 2. The van der Waals surface area contributed by atoms with E-state index in [1.165, 1.54) is 18.2 Å². The second-order valence-corrected chi connectivity index (χ2v) is 9.78. The highest BCUT2D eigenvalue weighted by Gasteiger charge is 2.29. The van der Waals surface area contributed by atoms with Crippen LogP contribution in [0.5, 0.6) is 11.5 Å². The van der Waals surface area contributed by atoms with Crippen LogP contribution in [0.15, 0.2) is 35.4 Å². The van der Waals surface area contributed by atoms with Gasteiger partial charge in [0.2, 0.25) is 18.6 Å². The van der Waals surface area contributed by atoms with Gasteiger partial charge in [-0.2, -0.15) is 0 Å². The first-order valence-corrected chi connectivity index (χ1v) is 12.8. The molecule has 5 rings (SSSR count). The van der Waals surface area contributed by atoms with Gasteiger partial charge in [0.25, 0.3) is 0 Å². The monoisotopic (exact) mass is 483 g/mol. The molecule has 0 spiro atoms. The van der Waals surface area contributed by atoms with Gasteiger partial charge in [0.1, 0.15) is 5.03 Å².